The van der Waals surface area contributed by atoms with E-state index in [1.54, 1.807) is 7.05 Å². The average Bonchev–Trinajstić information content (AvgIpc) is 3.17. The van der Waals surface area contributed by atoms with Crippen LogP contribution in [0.3, 0.4) is 0 Å². The van der Waals surface area contributed by atoms with Crippen LogP contribution in [0.5, 0.6) is 0 Å². The van der Waals surface area contributed by atoms with E-state index in [1.807, 2.05) is 6.07 Å². The highest BCUT2D eigenvalue weighted by atomic mass is 19.3. The normalized spacial score (nSPS) is 20.5. The molecule has 0 radical (unpaired) electrons. The van der Waals surface area contributed by atoms with Crippen molar-refractivity contribution in [2.75, 3.05) is 18.8 Å². The fraction of sp³-hybridized carbons (Fsp3) is 0.474. The molecule has 1 aliphatic carbocycles. The first kappa shape index (κ1) is 19.3. The summed E-state index contributed by atoms with van der Waals surface area (Å²) in [6.07, 6.45) is 2.85. The molecule has 1 aromatic carbocycles. The van der Waals surface area contributed by atoms with E-state index in [0.717, 1.165) is 25.0 Å². The lowest BCUT2D eigenvalue weighted by Crippen LogP contribution is -2.19. The summed E-state index contributed by atoms with van der Waals surface area (Å²) in [6, 6.07) is 8.40. The molecule has 2 heterocycles. The monoisotopic (exact) mass is 377 g/mol. The summed E-state index contributed by atoms with van der Waals surface area (Å²) in [4.78, 5) is 11.6. The lowest BCUT2D eigenvalue weighted by molar-refractivity contribution is 0.0238. The van der Waals surface area contributed by atoms with E-state index in [9.17, 15) is 13.6 Å². The summed E-state index contributed by atoms with van der Waals surface area (Å²) in [5, 5.41) is 6.98. The minimum atomic E-state index is -2.42. The average molecular weight is 377 g/mol. The Morgan fingerprint density at radius 3 is 2.59 bits per heavy atom. The van der Waals surface area contributed by atoms with Crippen molar-refractivity contribution in [3.05, 3.63) is 46.6 Å². The van der Waals surface area contributed by atoms with Gasteiger partial charge in [0.15, 0.2) is 0 Å². The molecule has 4 rings (SSSR count). The van der Waals surface area contributed by atoms with E-state index in [2.05, 4.69) is 28.6 Å². The van der Waals surface area contributed by atoms with Crippen LogP contribution >= 0.6 is 0 Å². The predicted octanol–water partition coefficient (Wildman–Crippen LogP) is 1.99. The van der Waals surface area contributed by atoms with Crippen LogP contribution in [0.4, 0.5) is 14.6 Å². The number of carbonyl (C=O) groups excluding carboxylic acids is 1. The van der Waals surface area contributed by atoms with Gasteiger partial charge in [0.25, 0.3) is 11.8 Å². The molecule has 1 unspecified atom stereocenters. The number of nitrogens with one attached hydrogen (secondary N) is 1. The van der Waals surface area contributed by atoms with Gasteiger partial charge >= 0.3 is 0 Å². The second-order valence-corrected chi connectivity index (χ2v) is 7.12. The zero-order valence-electron chi connectivity index (χ0n) is 15.3. The molecule has 8 heteroatoms. The largest absolute Gasteiger partial charge is 0.383 e. The van der Waals surface area contributed by atoms with Crippen molar-refractivity contribution in [3.8, 4) is 0 Å². The van der Waals surface area contributed by atoms with Crippen LogP contribution in [-0.4, -0.2) is 34.7 Å². The number of alkyl halides is 2. The van der Waals surface area contributed by atoms with Crippen molar-refractivity contribution in [2.45, 2.75) is 37.5 Å². The summed E-state index contributed by atoms with van der Waals surface area (Å²) in [5.41, 5.74) is 15.2. The molecule has 1 fully saturated rings. The summed E-state index contributed by atoms with van der Waals surface area (Å²) < 4.78 is 25.3. The Labute approximate surface area is 156 Å². The molecule has 1 aliphatic heterocycles. The maximum Gasteiger partial charge on any atom is 0.261 e. The number of rotatable bonds is 2. The number of aromatic nitrogens is 2. The molecule has 1 saturated heterocycles. The fourth-order valence-electron chi connectivity index (χ4n) is 3.66. The fourth-order valence-corrected chi connectivity index (χ4v) is 3.66. The van der Waals surface area contributed by atoms with E-state index < -0.39 is 11.8 Å². The molecule has 2 aliphatic rings. The number of nitrogen functional groups attached to an aromatic ring is 1. The highest BCUT2D eigenvalue weighted by Gasteiger charge is 2.32. The summed E-state index contributed by atoms with van der Waals surface area (Å²) in [5.74, 6) is -2.35. The van der Waals surface area contributed by atoms with Gasteiger partial charge in [-0.25, -0.2) is 8.78 Å². The van der Waals surface area contributed by atoms with Crippen LogP contribution in [0.25, 0.3) is 0 Å². The Bertz CT molecular complexity index is 826. The number of hydrogen-bond acceptors (Lipinski definition) is 4. The quantitative estimate of drug-likeness (QED) is 0.745. The zero-order chi connectivity index (χ0) is 19.6. The number of aryl methyl sites for hydroxylation is 2. The van der Waals surface area contributed by atoms with Crippen molar-refractivity contribution >= 4 is 11.7 Å². The van der Waals surface area contributed by atoms with Gasteiger partial charge in [0.1, 0.15) is 11.4 Å². The van der Waals surface area contributed by atoms with Crippen LogP contribution in [-0.2, 0) is 19.9 Å². The topological polar surface area (TPSA) is 99.0 Å². The van der Waals surface area contributed by atoms with E-state index in [1.165, 1.54) is 15.8 Å². The number of nitrogens with zero attached hydrogens (tertiary/aromatic N) is 2. The SMILES string of the molecule is Cn1nc(C2CCc3ccccc3C2)c(C(N)=O)c1N.FC1(F)CCNC1. The molecule has 5 N–H and O–H groups in total. The minimum Gasteiger partial charge on any atom is -0.383 e. The number of carbonyl (C=O) groups is 1. The molecule has 1 atom stereocenters. The molecule has 2 aromatic rings. The van der Waals surface area contributed by atoms with Gasteiger partial charge in [-0.2, -0.15) is 5.10 Å². The van der Waals surface area contributed by atoms with Gasteiger partial charge in [-0.15, -0.1) is 0 Å². The third-order valence-corrected chi connectivity index (χ3v) is 5.15. The van der Waals surface area contributed by atoms with E-state index in [-0.39, 0.29) is 18.9 Å². The van der Waals surface area contributed by atoms with Gasteiger partial charge in [0, 0.05) is 25.9 Å². The number of halogens is 2. The number of primary amides is 1. The van der Waals surface area contributed by atoms with Gasteiger partial charge in [-0.3, -0.25) is 9.48 Å². The Kier molecular flexibility index (Phi) is 5.46. The molecule has 0 bridgehead atoms. The Morgan fingerprint density at radius 1 is 1.33 bits per heavy atom. The number of anilines is 1. The lowest BCUT2D eigenvalue weighted by atomic mass is 9.81. The van der Waals surface area contributed by atoms with Crippen LogP contribution in [0, 0.1) is 0 Å². The minimum absolute atomic E-state index is 0.00694. The van der Waals surface area contributed by atoms with Crippen LogP contribution in [0.2, 0.25) is 0 Å². The second-order valence-electron chi connectivity index (χ2n) is 7.12. The number of amides is 1. The van der Waals surface area contributed by atoms with Gasteiger partial charge < -0.3 is 16.8 Å². The van der Waals surface area contributed by atoms with Gasteiger partial charge in [0.05, 0.1) is 12.2 Å². The van der Waals surface area contributed by atoms with Crippen molar-refractivity contribution < 1.29 is 13.6 Å². The number of nitrogens with two attached hydrogens (primary N) is 2. The van der Waals surface area contributed by atoms with Crippen LogP contribution < -0.4 is 16.8 Å². The maximum atomic E-state index is 11.9. The van der Waals surface area contributed by atoms with Crippen LogP contribution in [0.15, 0.2) is 24.3 Å². The molecule has 0 saturated carbocycles. The number of hydrogen-bond donors (Lipinski definition) is 3. The standard InChI is InChI=1S/C15H18N4O.C4H7F2N/c1-19-14(16)12(15(17)20)13(18-19)11-7-6-9-4-2-3-5-10(9)8-11;5-4(6)1-2-7-3-4/h2-5,11H,6-8,16H2,1H3,(H2,17,20);7H,1-3H2. The molecule has 1 amide bonds. The molecule has 6 nitrogen and oxygen atoms in total. The molecule has 1 aromatic heterocycles. The number of fused-ring (bicyclic) bond motifs is 1. The summed E-state index contributed by atoms with van der Waals surface area (Å²) >= 11 is 0. The Hall–Kier alpha value is -2.48. The van der Waals surface area contributed by atoms with E-state index in [0.29, 0.717) is 17.9 Å². The molecular weight excluding hydrogens is 352 g/mol. The van der Waals surface area contributed by atoms with Crippen molar-refractivity contribution in [1.29, 1.82) is 0 Å². The third kappa shape index (κ3) is 4.27. The zero-order valence-corrected chi connectivity index (χ0v) is 15.3. The molecule has 27 heavy (non-hydrogen) atoms. The first-order valence-electron chi connectivity index (χ1n) is 9.06. The first-order valence-corrected chi connectivity index (χ1v) is 9.06. The summed E-state index contributed by atoms with van der Waals surface area (Å²) in [6.45, 7) is 0.333. The smallest absolute Gasteiger partial charge is 0.261 e. The molecule has 146 valence electrons. The highest BCUT2D eigenvalue weighted by Crippen LogP contribution is 2.34. The first-order chi connectivity index (χ1) is 12.8. The van der Waals surface area contributed by atoms with Gasteiger partial charge in [-0.1, -0.05) is 24.3 Å². The molecular formula is C19H25F2N5O. The lowest BCUT2D eigenvalue weighted by Gasteiger charge is -2.23. The van der Waals surface area contributed by atoms with Gasteiger partial charge in [-0.05, 0) is 30.4 Å². The van der Waals surface area contributed by atoms with Crippen LogP contribution in [0.1, 0.15) is 45.9 Å². The highest BCUT2D eigenvalue weighted by molar-refractivity contribution is 5.98. The van der Waals surface area contributed by atoms with Crippen molar-refractivity contribution in [3.63, 3.8) is 0 Å². The van der Waals surface area contributed by atoms with Crippen molar-refractivity contribution in [2.24, 2.45) is 12.8 Å². The Morgan fingerprint density at radius 2 is 2.04 bits per heavy atom. The number of benzene rings is 1. The predicted molar refractivity (Wildman–Crippen MR) is 99.8 cm³/mol. The second kappa shape index (κ2) is 7.64. The van der Waals surface area contributed by atoms with Crippen molar-refractivity contribution in [1.82, 2.24) is 15.1 Å². The van der Waals surface area contributed by atoms with Gasteiger partial charge in [0.2, 0.25) is 0 Å². The Balaban J connectivity index is 0.000000253. The third-order valence-electron chi connectivity index (χ3n) is 5.15. The summed E-state index contributed by atoms with van der Waals surface area (Å²) in [7, 11) is 1.74. The molecule has 0 spiro atoms. The van der Waals surface area contributed by atoms with E-state index in [4.69, 9.17) is 11.5 Å². The maximum absolute atomic E-state index is 11.9. The van der Waals surface area contributed by atoms with E-state index >= 15 is 0 Å².